The topological polar surface area (TPSA) is 83.5 Å². The van der Waals surface area contributed by atoms with Gasteiger partial charge in [-0.3, -0.25) is 0 Å². The Morgan fingerprint density at radius 2 is 1.06 bits per heavy atom. The van der Waals surface area contributed by atoms with E-state index in [4.69, 9.17) is 23.7 Å². The van der Waals surface area contributed by atoms with Crippen LogP contribution in [0, 0.1) is 5.41 Å². The molecule has 1 N–H and O–H groups in total. The summed E-state index contributed by atoms with van der Waals surface area (Å²) in [5.74, 6) is 0.264. The Bertz CT molecular complexity index is 1450. The van der Waals surface area contributed by atoms with Crippen LogP contribution >= 0.6 is 0 Å². The number of ether oxygens (including phenoxy) is 5. The van der Waals surface area contributed by atoms with E-state index in [1.807, 2.05) is 121 Å². The summed E-state index contributed by atoms with van der Waals surface area (Å²) in [6.07, 6.45) is -2.95. The molecule has 7 nitrogen and oxygen atoms in total. The van der Waals surface area contributed by atoms with Gasteiger partial charge in [0.05, 0.1) is 45.1 Å². The molecule has 0 amide bonds. The van der Waals surface area contributed by atoms with Crippen LogP contribution in [-0.2, 0) is 54.9 Å². The summed E-state index contributed by atoms with van der Waals surface area (Å²) in [5.41, 5.74) is 3.04. The number of hydrogen-bond donors (Lipinski definition) is 1. The minimum atomic E-state index is -1.11. The Balaban J connectivity index is 1.65. The molecule has 4 aromatic rings. The smallest absolute Gasteiger partial charge is 0.143 e. The normalized spacial score (nSPS) is 14.1. The van der Waals surface area contributed by atoms with E-state index < -0.39 is 29.8 Å². The standard InChI is InChI=1S/C40H46O7/c1-31(47-30-40(2,3)29-41)37(44-25-33-18-10-5-11-19-33)39(46-27-35-22-14-7-15-23-35)38(45-26-34-20-12-6-13-21-34)36(42)28-43-24-32-16-8-4-9-17-32/h4-23,29,36-39,42H,1,24-28,30H2,2-3H3/t36-,37+,38-,39-/m1/s1. The van der Waals surface area contributed by atoms with Crippen molar-refractivity contribution in [2.45, 2.75) is 64.7 Å². The highest BCUT2D eigenvalue weighted by Gasteiger charge is 2.40. The average Bonchev–Trinajstić information content (AvgIpc) is 3.11. The monoisotopic (exact) mass is 638 g/mol. The number of aliphatic hydroxyl groups excluding tert-OH is 1. The molecule has 4 atom stereocenters. The lowest BCUT2D eigenvalue weighted by atomic mass is 9.97. The number of benzene rings is 4. The van der Waals surface area contributed by atoms with Crippen LogP contribution in [0.3, 0.4) is 0 Å². The largest absolute Gasteiger partial charge is 0.495 e. The second-order valence-electron chi connectivity index (χ2n) is 12.2. The molecule has 4 aromatic carbocycles. The lowest BCUT2D eigenvalue weighted by Gasteiger charge is -2.37. The molecule has 7 heteroatoms. The fraction of sp³-hybridized carbons (Fsp3) is 0.325. The third-order valence-electron chi connectivity index (χ3n) is 7.51. The van der Waals surface area contributed by atoms with Crippen LogP contribution < -0.4 is 0 Å². The minimum absolute atomic E-state index is 0.0174. The third kappa shape index (κ3) is 12.2. The summed E-state index contributed by atoms with van der Waals surface area (Å²) < 4.78 is 31.7. The van der Waals surface area contributed by atoms with E-state index in [-0.39, 0.29) is 38.8 Å². The van der Waals surface area contributed by atoms with Gasteiger partial charge in [-0.1, -0.05) is 128 Å². The van der Waals surface area contributed by atoms with Gasteiger partial charge in [-0.05, 0) is 36.1 Å². The fourth-order valence-electron chi connectivity index (χ4n) is 4.81. The first-order valence-corrected chi connectivity index (χ1v) is 15.9. The third-order valence-corrected chi connectivity index (χ3v) is 7.51. The molecule has 0 saturated heterocycles. The Hall–Kier alpha value is -4.11. The lowest BCUT2D eigenvalue weighted by molar-refractivity contribution is -0.187. The number of aldehydes is 1. The van der Waals surface area contributed by atoms with Crippen molar-refractivity contribution in [3.05, 3.63) is 156 Å². The predicted octanol–water partition coefficient (Wildman–Crippen LogP) is 7.08. The first-order chi connectivity index (χ1) is 22.8. The van der Waals surface area contributed by atoms with Gasteiger partial charge in [0, 0.05) is 0 Å². The zero-order valence-electron chi connectivity index (χ0n) is 27.3. The maximum atomic E-state index is 11.7. The van der Waals surface area contributed by atoms with Crippen molar-refractivity contribution in [1.29, 1.82) is 0 Å². The van der Waals surface area contributed by atoms with Crippen molar-refractivity contribution in [3.63, 3.8) is 0 Å². The molecule has 0 fully saturated rings. The van der Waals surface area contributed by atoms with Crippen LogP contribution in [0.2, 0.25) is 0 Å². The van der Waals surface area contributed by atoms with E-state index in [1.54, 1.807) is 13.8 Å². The van der Waals surface area contributed by atoms with E-state index >= 15 is 0 Å². The van der Waals surface area contributed by atoms with Crippen molar-refractivity contribution in [2.24, 2.45) is 5.41 Å². The highest BCUT2D eigenvalue weighted by molar-refractivity contribution is 5.58. The zero-order valence-corrected chi connectivity index (χ0v) is 27.3. The van der Waals surface area contributed by atoms with Crippen molar-refractivity contribution in [2.75, 3.05) is 13.2 Å². The number of hydrogen-bond acceptors (Lipinski definition) is 7. The zero-order chi connectivity index (χ0) is 33.3. The second kappa shape index (κ2) is 18.9. The molecule has 0 unspecified atom stereocenters. The van der Waals surface area contributed by atoms with Crippen LogP contribution in [0.25, 0.3) is 0 Å². The summed E-state index contributed by atoms with van der Waals surface area (Å²) in [6.45, 7) is 8.85. The quantitative estimate of drug-likeness (QED) is 0.0772. The van der Waals surface area contributed by atoms with Crippen molar-refractivity contribution in [3.8, 4) is 0 Å². The first kappa shape index (κ1) is 35.7. The van der Waals surface area contributed by atoms with Crippen LogP contribution in [0.15, 0.2) is 134 Å². The van der Waals surface area contributed by atoms with Gasteiger partial charge in [-0.25, -0.2) is 0 Å². The highest BCUT2D eigenvalue weighted by atomic mass is 16.6. The number of carbonyl (C=O) groups excluding carboxylic acids is 1. The Morgan fingerprint density at radius 1 is 0.660 bits per heavy atom. The molecule has 0 radical (unpaired) electrons. The molecule has 4 rings (SSSR count). The van der Waals surface area contributed by atoms with E-state index in [0.29, 0.717) is 6.61 Å². The summed E-state index contributed by atoms with van der Waals surface area (Å²) in [5, 5.41) is 11.7. The molecule has 0 spiro atoms. The molecule has 0 aliphatic heterocycles. The van der Waals surface area contributed by atoms with E-state index in [0.717, 1.165) is 28.5 Å². The molecule has 0 aromatic heterocycles. The molecule has 0 bridgehead atoms. The number of aliphatic hydroxyl groups is 1. The van der Waals surface area contributed by atoms with Gasteiger partial charge in [0.2, 0.25) is 0 Å². The lowest BCUT2D eigenvalue weighted by Crippen LogP contribution is -2.51. The first-order valence-electron chi connectivity index (χ1n) is 15.9. The maximum Gasteiger partial charge on any atom is 0.143 e. The summed E-state index contributed by atoms with van der Waals surface area (Å²) in [7, 11) is 0. The highest BCUT2D eigenvalue weighted by Crippen LogP contribution is 2.27. The molecule has 0 aliphatic rings. The van der Waals surface area contributed by atoms with Crippen molar-refractivity contribution < 1.29 is 33.6 Å². The van der Waals surface area contributed by atoms with Gasteiger partial charge in [0.15, 0.2) is 0 Å². The maximum absolute atomic E-state index is 11.7. The second-order valence-corrected chi connectivity index (χ2v) is 12.2. The van der Waals surface area contributed by atoms with Gasteiger partial charge in [0.25, 0.3) is 0 Å². The molecule has 0 heterocycles. The Morgan fingerprint density at radius 3 is 1.51 bits per heavy atom. The molecule has 47 heavy (non-hydrogen) atoms. The van der Waals surface area contributed by atoms with Crippen molar-refractivity contribution in [1.82, 2.24) is 0 Å². The molecule has 0 saturated carbocycles. The molecule has 248 valence electrons. The van der Waals surface area contributed by atoms with Gasteiger partial charge >= 0.3 is 0 Å². The van der Waals surface area contributed by atoms with Crippen LogP contribution in [0.4, 0.5) is 0 Å². The summed E-state index contributed by atoms with van der Waals surface area (Å²) in [4.78, 5) is 11.7. The van der Waals surface area contributed by atoms with Crippen molar-refractivity contribution >= 4 is 6.29 Å². The Kier molecular flexibility index (Phi) is 14.4. The minimum Gasteiger partial charge on any atom is -0.495 e. The van der Waals surface area contributed by atoms with Gasteiger partial charge < -0.3 is 33.6 Å². The van der Waals surface area contributed by atoms with E-state index in [1.165, 1.54) is 0 Å². The van der Waals surface area contributed by atoms with E-state index in [2.05, 4.69) is 6.58 Å². The SMILES string of the molecule is C=C(OCC(C)(C)C=O)[C@H](OCc1ccccc1)[C@@H](OCc1ccccc1)[C@H](OCc1ccccc1)[C@H](O)COCc1ccccc1. The van der Waals surface area contributed by atoms with Crippen LogP contribution in [0.1, 0.15) is 36.1 Å². The molecule has 0 aliphatic carbocycles. The van der Waals surface area contributed by atoms with Gasteiger partial charge in [0.1, 0.15) is 36.5 Å². The molecular formula is C40H46O7. The Labute approximate surface area is 278 Å². The summed E-state index contributed by atoms with van der Waals surface area (Å²) in [6, 6.07) is 39.0. The average molecular weight is 639 g/mol. The van der Waals surface area contributed by atoms with Gasteiger partial charge in [-0.15, -0.1) is 0 Å². The molecular weight excluding hydrogens is 592 g/mol. The summed E-state index contributed by atoms with van der Waals surface area (Å²) >= 11 is 0. The fourth-order valence-corrected chi connectivity index (χ4v) is 4.81. The van der Waals surface area contributed by atoms with Crippen LogP contribution in [-0.4, -0.2) is 49.0 Å². The number of carbonyl (C=O) groups is 1. The van der Waals surface area contributed by atoms with Crippen LogP contribution in [0.5, 0.6) is 0 Å². The predicted molar refractivity (Wildman–Crippen MR) is 182 cm³/mol. The number of rotatable bonds is 21. The van der Waals surface area contributed by atoms with E-state index in [9.17, 15) is 9.90 Å². The van der Waals surface area contributed by atoms with Gasteiger partial charge in [-0.2, -0.15) is 0 Å².